The molecule has 2 amide bonds. The number of rotatable bonds is 6. The zero-order valence-electron chi connectivity index (χ0n) is 15.8. The first-order valence-corrected chi connectivity index (χ1v) is 8.54. The number of carbonyl (C=O) groups excluding carboxylic acids is 1. The number of hydrogen-bond donors (Lipinski definition) is 3. The monoisotopic (exact) mass is 379 g/mol. The van der Waals surface area contributed by atoms with Crippen molar-refractivity contribution in [2.45, 2.75) is 6.92 Å². The highest BCUT2D eigenvalue weighted by molar-refractivity contribution is 5.99. The number of carbonyl (C=O) groups is 1. The summed E-state index contributed by atoms with van der Waals surface area (Å²) >= 11 is 0. The number of hydrogen-bond acceptors (Lipinski definition) is 6. The Kier molecular flexibility index (Phi) is 5.91. The van der Waals surface area contributed by atoms with Crippen LogP contribution in [0, 0.1) is 6.92 Å². The largest absolute Gasteiger partial charge is 0.497 e. The van der Waals surface area contributed by atoms with Gasteiger partial charge in [0.25, 0.3) is 0 Å². The highest BCUT2D eigenvalue weighted by Crippen LogP contribution is 2.21. The SMILES string of the molecule is COc1cccc(NC(=O)Nc2ccc(Nc3cc(OC)nc(C)n3)cc2)c1. The van der Waals surface area contributed by atoms with Gasteiger partial charge in [-0.1, -0.05) is 6.07 Å². The van der Waals surface area contributed by atoms with Crippen LogP contribution in [0.3, 0.4) is 0 Å². The highest BCUT2D eigenvalue weighted by Gasteiger charge is 2.05. The molecule has 28 heavy (non-hydrogen) atoms. The number of aryl methyl sites for hydroxylation is 1. The Morgan fingerprint density at radius 3 is 2.29 bits per heavy atom. The fourth-order valence-corrected chi connectivity index (χ4v) is 2.49. The van der Waals surface area contributed by atoms with E-state index in [4.69, 9.17) is 9.47 Å². The van der Waals surface area contributed by atoms with Gasteiger partial charge in [-0.15, -0.1) is 0 Å². The van der Waals surface area contributed by atoms with Crippen LogP contribution in [-0.4, -0.2) is 30.2 Å². The molecular formula is C20H21N5O3. The van der Waals surface area contributed by atoms with Gasteiger partial charge < -0.3 is 25.4 Å². The maximum Gasteiger partial charge on any atom is 0.323 e. The van der Waals surface area contributed by atoms with Crippen LogP contribution >= 0.6 is 0 Å². The van der Waals surface area contributed by atoms with Gasteiger partial charge in [-0.25, -0.2) is 9.78 Å². The molecule has 0 saturated heterocycles. The van der Waals surface area contributed by atoms with Crippen molar-refractivity contribution < 1.29 is 14.3 Å². The first-order chi connectivity index (χ1) is 13.6. The molecule has 144 valence electrons. The standard InChI is InChI=1S/C20H21N5O3/c1-13-21-18(12-19(22-13)28-3)23-14-7-9-15(10-8-14)24-20(26)25-16-5-4-6-17(11-16)27-2/h4-12H,1-3H3,(H,21,22,23)(H2,24,25,26). The molecule has 0 fully saturated rings. The van der Waals surface area contributed by atoms with Crippen LogP contribution in [0.2, 0.25) is 0 Å². The van der Waals surface area contributed by atoms with Crippen LogP contribution in [0.1, 0.15) is 5.82 Å². The molecule has 3 rings (SSSR count). The number of anilines is 4. The summed E-state index contributed by atoms with van der Waals surface area (Å²) in [5.41, 5.74) is 2.12. The summed E-state index contributed by atoms with van der Waals surface area (Å²) in [6.07, 6.45) is 0. The predicted molar refractivity (Wildman–Crippen MR) is 109 cm³/mol. The molecule has 3 aromatic rings. The quantitative estimate of drug-likeness (QED) is 0.594. The summed E-state index contributed by atoms with van der Waals surface area (Å²) in [6.45, 7) is 1.79. The van der Waals surface area contributed by atoms with E-state index in [-0.39, 0.29) is 6.03 Å². The third-order valence-corrected chi connectivity index (χ3v) is 3.77. The zero-order valence-corrected chi connectivity index (χ0v) is 15.8. The van der Waals surface area contributed by atoms with E-state index in [9.17, 15) is 4.79 Å². The van der Waals surface area contributed by atoms with Crippen LogP contribution in [-0.2, 0) is 0 Å². The van der Waals surface area contributed by atoms with E-state index in [0.29, 0.717) is 34.6 Å². The van der Waals surface area contributed by atoms with E-state index < -0.39 is 0 Å². The molecule has 1 heterocycles. The molecule has 0 radical (unpaired) electrons. The molecule has 8 heteroatoms. The van der Waals surface area contributed by atoms with Crippen molar-refractivity contribution in [2.24, 2.45) is 0 Å². The number of urea groups is 1. The van der Waals surface area contributed by atoms with Crippen molar-refractivity contribution in [1.29, 1.82) is 0 Å². The molecule has 0 spiro atoms. The van der Waals surface area contributed by atoms with Gasteiger partial charge in [0.2, 0.25) is 5.88 Å². The van der Waals surface area contributed by atoms with Crippen molar-refractivity contribution in [1.82, 2.24) is 9.97 Å². The minimum Gasteiger partial charge on any atom is -0.497 e. The molecule has 0 atom stereocenters. The molecule has 1 aromatic heterocycles. The Balaban J connectivity index is 1.61. The first-order valence-electron chi connectivity index (χ1n) is 8.54. The number of amides is 2. The van der Waals surface area contributed by atoms with Gasteiger partial charge in [0.1, 0.15) is 17.4 Å². The van der Waals surface area contributed by atoms with Crippen molar-refractivity contribution in [3.8, 4) is 11.6 Å². The summed E-state index contributed by atoms with van der Waals surface area (Å²) in [4.78, 5) is 20.6. The van der Waals surface area contributed by atoms with Crippen LogP contribution in [0.15, 0.2) is 54.6 Å². The van der Waals surface area contributed by atoms with Gasteiger partial charge in [-0.3, -0.25) is 0 Å². The molecule has 0 saturated carbocycles. The van der Waals surface area contributed by atoms with Crippen molar-refractivity contribution in [2.75, 3.05) is 30.2 Å². The van der Waals surface area contributed by atoms with Gasteiger partial charge in [0.15, 0.2) is 0 Å². The van der Waals surface area contributed by atoms with Crippen LogP contribution in [0.4, 0.5) is 27.7 Å². The molecule has 0 aliphatic heterocycles. The molecule has 0 unspecified atom stereocenters. The maximum atomic E-state index is 12.2. The van der Waals surface area contributed by atoms with Gasteiger partial charge >= 0.3 is 6.03 Å². The lowest BCUT2D eigenvalue weighted by Crippen LogP contribution is -2.19. The number of methoxy groups -OCH3 is 2. The Morgan fingerprint density at radius 1 is 0.857 bits per heavy atom. The van der Waals surface area contributed by atoms with Gasteiger partial charge in [-0.2, -0.15) is 4.98 Å². The minimum absolute atomic E-state index is 0.342. The number of ether oxygens (including phenoxy) is 2. The van der Waals surface area contributed by atoms with Crippen LogP contribution in [0.25, 0.3) is 0 Å². The summed E-state index contributed by atoms with van der Waals surface area (Å²) in [5, 5.41) is 8.72. The predicted octanol–water partition coefficient (Wildman–Crippen LogP) is 4.19. The zero-order chi connectivity index (χ0) is 19.9. The van der Waals surface area contributed by atoms with E-state index in [1.807, 2.05) is 18.2 Å². The van der Waals surface area contributed by atoms with Crippen molar-refractivity contribution in [3.63, 3.8) is 0 Å². The van der Waals surface area contributed by atoms with E-state index in [2.05, 4.69) is 25.9 Å². The molecular weight excluding hydrogens is 358 g/mol. The van der Waals surface area contributed by atoms with Crippen molar-refractivity contribution in [3.05, 3.63) is 60.4 Å². The fraction of sp³-hybridized carbons (Fsp3) is 0.150. The lowest BCUT2D eigenvalue weighted by atomic mass is 10.2. The summed E-state index contributed by atoms with van der Waals surface area (Å²) in [7, 11) is 3.14. The summed E-state index contributed by atoms with van der Waals surface area (Å²) in [5.74, 6) is 2.39. The summed E-state index contributed by atoms with van der Waals surface area (Å²) < 4.78 is 10.3. The Morgan fingerprint density at radius 2 is 1.57 bits per heavy atom. The second-order valence-corrected chi connectivity index (χ2v) is 5.86. The van der Waals surface area contributed by atoms with Crippen molar-refractivity contribution >= 4 is 28.9 Å². The third kappa shape index (κ3) is 5.10. The lowest BCUT2D eigenvalue weighted by molar-refractivity contribution is 0.262. The van der Waals surface area contributed by atoms with E-state index in [1.54, 1.807) is 57.5 Å². The van der Waals surface area contributed by atoms with Crippen LogP contribution < -0.4 is 25.4 Å². The molecule has 0 aliphatic carbocycles. The molecule has 3 N–H and O–H groups in total. The second-order valence-electron chi connectivity index (χ2n) is 5.86. The number of nitrogens with zero attached hydrogens (tertiary/aromatic N) is 2. The normalized spacial score (nSPS) is 10.1. The number of aromatic nitrogens is 2. The number of benzene rings is 2. The van der Waals surface area contributed by atoms with Crippen LogP contribution in [0.5, 0.6) is 11.6 Å². The second kappa shape index (κ2) is 8.72. The van der Waals surface area contributed by atoms with Gasteiger partial charge in [0.05, 0.1) is 14.2 Å². The Bertz CT molecular complexity index is 960. The summed E-state index contributed by atoms with van der Waals surface area (Å²) in [6, 6.07) is 15.8. The first kappa shape index (κ1) is 19.0. The lowest BCUT2D eigenvalue weighted by Gasteiger charge is -2.10. The molecule has 0 aliphatic rings. The number of nitrogens with one attached hydrogen (secondary N) is 3. The molecule has 8 nitrogen and oxygen atoms in total. The third-order valence-electron chi connectivity index (χ3n) is 3.77. The average molecular weight is 379 g/mol. The highest BCUT2D eigenvalue weighted by atomic mass is 16.5. The Labute approximate surface area is 162 Å². The van der Waals surface area contributed by atoms with Gasteiger partial charge in [0, 0.05) is 29.2 Å². The van der Waals surface area contributed by atoms with E-state index in [0.717, 1.165) is 5.69 Å². The maximum absolute atomic E-state index is 12.2. The minimum atomic E-state index is -0.342. The molecule has 2 aromatic carbocycles. The average Bonchev–Trinajstić information content (AvgIpc) is 2.69. The van der Waals surface area contributed by atoms with E-state index >= 15 is 0 Å². The van der Waals surface area contributed by atoms with Gasteiger partial charge in [-0.05, 0) is 43.3 Å². The fourth-order valence-electron chi connectivity index (χ4n) is 2.49. The topological polar surface area (TPSA) is 97.4 Å². The smallest absolute Gasteiger partial charge is 0.323 e. The molecule has 0 bridgehead atoms. The Hall–Kier alpha value is -3.81. The van der Waals surface area contributed by atoms with E-state index in [1.165, 1.54) is 0 Å².